The van der Waals surface area contributed by atoms with Gasteiger partial charge in [0.15, 0.2) is 0 Å². The molecule has 0 spiro atoms. The topological polar surface area (TPSA) is 177 Å². The molecular weight excluding hydrogens is 290 g/mol. The molecule has 21 heavy (non-hydrogen) atoms. The first-order valence-electron chi connectivity index (χ1n) is 6.22. The van der Waals surface area contributed by atoms with Gasteiger partial charge >= 0.3 is 11.9 Å². The second kappa shape index (κ2) is 9.60. The Labute approximate surface area is 120 Å². The van der Waals surface area contributed by atoms with Crippen molar-refractivity contribution in [2.75, 3.05) is 19.8 Å². The molecule has 0 aliphatic carbocycles. The number of carboxylic acid groups (broad SMARTS) is 2. The highest BCUT2D eigenvalue weighted by atomic mass is 16.7. The van der Waals surface area contributed by atoms with Gasteiger partial charge in [0.05, 0.1) is 25.7 Å². The molecule has 0 rings (SSSR count). The average molecular weight is 311 g/mol. The van der Waals surface area contributed by atoms with Crippen LogP contribution in [0.4, 0.5) is 0 Å². The largest absolute Gasteiger partial charge is 0.481 e. The van der Waals surface area contributed by atoms with E-state index < -0.39 is 36.5 Å². The molecule has 0 saturated heterocycles. The highest BCUT2D eigenvalue weighted by molar-refractivity contribution is 5.75. The number of hydrogen-bond acceptors (Lipinski definition) is 8. The van der Waals surface area contributed by atoms with E-state index in [1.165, 1.54) is 0 Å². The van der Waals surface area contributed by atoms with Gasteiger partial charge in [0.1, 0.15) is 6.04 Å². The van der Waals surface area contributed by atoms with Gasteiger partial charge in [-0.3, -0.25) is 9.59 Å². The van der Waals surface area contributed by atoms with E-state index in [4.69, 9.17) is 30.3 Å². The summed E-state index contributed by atoms with van der Waals surface area (Å²) in [6.45, 7) is -0.574. The summed E-state index contributed by atoms with van der Waals surface area (Å²) in [6.07, 6.45) is -1.98. The Kier molecular flexibility index (Phi) is 9.01. The Hall–Kier alpha value is -1.30. The lowest BCUT2D eigenvalue weighted by atomic mass is 10.1. The summed E-state index contributed by atoms with van der Waals surface area (Å²) in [5.41, 5.74) is 0. The van der Waals surface area contributed by atoms with Crippen molar-refractivity contribution in [3.05, 3.63) is 0 Å². The molecule has 0 heterocycles. The van der Waals surface area contributed by atoms with Gasteiger partial charge in [0.25, 0.3) is 5.97 Å². The van der Waals surface area contributed by atoms with Crippen LogP contribution in [0.25, 0.3) is 0 Å². The summed E-state index contributed by atoms with van der Waals surface area (Å²) >= 11 is 0. The van der Waals surface area contributed by atoms with Crippen LogP contribution in [-0.2, 0) is 14.3 Å². The minimum absolute atomic E-state index is 0.125. The lowest BCUT2D eigenvalue weighted by Gasteiger charge is -2.18. The zero-order valence-corrected chi connectivity index (χ0v) is 11.3. The van der Waals surface area contributed by atoms with Gasteiger partial charge < -0.3 is 40.7 Å². The fourth-order valence-corrected chi connectivity index (χ4v) is 1.35. The molecule has 0 amide bonds. The number of aliphatic carboxylic acids is 2. The Morgan fingerprint density at radius 3 is 2.29 bits per heavy atom. The molecule has 0 aromatic carbocycles. The fraction of sp³-hybridized carbons (Fsp3) is 0.818. The van der Waals surface area contributed by atoms with Crippen LogP contribution >= 0.6 is 0 Å². The molecule has 0 aliphatic heterocycles. The van der Waals surface area contributed by atoms with Crippen molar-refractivity contribution in [2.24, 2.45) is 0 Å². The summed E-state index contributed by atoms with van der Waals surface area (Å²) in [7, 11) is 0. The number of ether oxygens (including phenoxy) is 1. The van der Waals surface area contributed by atoms with Crippen LogP contribution in [0.3, 0.4) is 0 Å². The quantitative estimate of drug-likeness (QED) is 0.148. The van der Waals surface area contributed by atoms with Crippen molar-refractivity contribution in [1.29, 1.82) is 0 Å². The van der Waals surface area contributed by atoms with Gasteiger partial charge in [-0.2, -0.15) is 0 Å². The van der Waals surface area contributed by atoms with E-state index in [1.807, 2.05) is 0 Å². The third kappa shape index (κ3) is 12.2. The maximum Gasteiger partial charge on any atom is 0.320 e. The first kappa shape index (κ1) is 19.7. The monoisotopic (exact) mass is 311 g/mol. The van der Waals surface area contributed by atoms with Gasteiger partial charge in [-0.05, 0) is 6.42 Å². The molecular formula is C11H21NO9. The maximum atomic E-state index is 10.8. The van der Waals surface area contributed by atoms with Crippen molar-refractivity contribution >= 4 is 11.9 Å². The summed E-state index contributed by atoms with van der Waals surface area (Å²) in [5, 5.41) is 55.0. The lowest BCUT2D eigenvalue weighted by molar-refractivity contribution is -0.318. The fourth-order valence-electron chi connectivity index (χ4n) is 1.35. The summed E-state index contributed by atoms with van der Waals surface area (Å²) in [6, 6.07) is -1.10. The summed E-state index contributed by atoms with van der Waals surface area (Å²) < 4.78 is 4.85. The molecule has 124 valence electrons. The first-order chi connectivity index (χ1) is 9.61. The Morgan fingerprint density at radius 1 is 1.19 bits per heavy atom. The van der Waals surface area contributed by atoms with E-state index >= 15 is 0 Å². The van der Waals surface area contributed by atoms with Gasteiger partial charge in [-0.25, -0.2) is 0 Å². The van der Waals surface area contributed by atoms with Gasteiger partial charge in [-0.15, -0.1) is 0 Å². The van der Waals surface area contributed by atoms with Crippen molar-refractivity contribution < 1.29 is 45.0 Å². The summed E-state index contributed by atoms with van der Waals surface area (Å²) in [4.78, 5) is 21.2. The molecule has 0 aromatic heterocycles. The van der Waals surface area contributed by atoms with Crippen LogP contribution in [0.2, 0.25) is 0 Å². The van der Waals surface area contributed by atoms with E-state index in [2.05, 4.69) is 5.32 Å². The molecule has 0 saturated carbocycles. The molecule has 10 nitrogen and oxygen atoms in total. The van der Waals surface area contributed by atoms with E-state index in [-0.39, 0.29) is 32.6 Å². The van der Waals surface area contributed by atoms with E-state index in [1.54, 1.807) is 0 Å². The normalized spacial score (nSPS) is 14.7. The van der Waals surface area contributed by atoms with Gasteiger partial charge in [-0.1, -0.05) is 0 Å². The molecule has 0 fully saturated rings. The molecule has 0 radical (unpaired) electrons. The van der Waals surface area contributed by atoms with Crippen LogP contribution in [0.5, 0.6) is 0 Å². The molecule has 2 atom stereocenters. The zero-order chi connectivity index (χ0) is 16.5. The zero-order valence-electron chi connectivity index (χ0n) is 11.3. The predicted molar refractivity (Wildman–Crippen MR) is 67.1 cm³/mol. The first-order valence-corrected chi connectivity index (χ1v) is 6.22. The van der Waals surface area contributed by atoms with Crippen LogP contribution < -0.4 is 5.32 Å². The third-order valence-corrected chi connectivity index (χ3v) is 2.44. The van der Waals surface area contributed by atoms with E-state index in [9.17, 15) is 14.7 Å². The number of carboxylic acids is 2. The average Bonchev–Trinajstić information content (AvgIpc) is 2.32. The Balaban J connectivity index is 3.89. The second-order valence-electron chi connectivity index (χ2n) is 4.48. The Bertz CT molecular complexity index is 328. The Morgan fingerprint density at radius 2 is 1.81 bits per heavy atom. The van der Waals surface area contributed by atoms with Crippen molar-refractivity contribution in [3.63, 3.8) is 0 Å². The molecule has 1 unspecified atom stereocenters. The molecule has 0 aromatic rings. The summed E-state index contributed by atoms with van der Waals surface area (Å²) in [5.74, 6) is -5.18. The van der Waals surface area contributed by atoms with Crippen molar-refractivity contribution in [1.82, 2.24) is 5.32 Å². The number of nitrogens with one attached hydrogen (secondary N) is 1. The number of carbonyl (C=O) groups is 2. The number of aliphatic hydroxyl groups excluding tert-OH is 1. The second-order valence-corrected chi connectivity index (χ2v) is 4.48. The lowest BCUT2D eigenvalue weighted by Crippen LogP contribution is -2.42. The van der Waals surface area contributed by atoms with Crippen LogP contribution in [0, 0.1) is 0 Å². The van der Waals surface area contributed by atoms with Crippen molar-refractivity contribution in [2.45, 2.75) is 37.4 Å². The molecule has 0 aliphatic rings. The third-order valence-electron chi connectivity index (χ3n) is 2.44. The molecule has 0 bridgehead atoms. The SMILES string of the molecule is O=C(O)CC[C@H](NCC(O)COCCC(O)(O)O)C(=O)O. The molecule has 7 N–H and O–H groups in total. The van der Waals surface area contributed by atoms with E-state index in [0.29, 0.717) is 0 Å². The minimum Gasteiger partial charge on any atom is -0.481 e. The maximum absolute atomic E-state index is 10.8. The predicted octanol–water partition coefficient (Wildman–Crippen LogP) is -2.71. The van der Waals surface area contributed by atoms with Crippen LogP contribution in [-0.4, -0.2) is 80.5 Å². The highest BCUT2D eigenvalue weighted by Crippen LogP contribution is 2.01. The smallest absolute Gasteiger partial charge is 0.320 e. The highest BCUT2D eigenvalue weighted by Gasteiger charge is 2.20. The van der Waals surface area contributed by atoms with Gasteiger partial charge in [0.2, 0.25) is 0 Å². The standard InChI is InChI=1S/C11H21NO9/c13-7(6-21-4-3-11(18,19)20)5-12-8(10(16)17)1-2-9(14)15/h7-8,12-13,18-20H,1-6H2,(H,14,15)(H,16,17)/t7?,8-/m0/s1. The van der Waals surface area contributed by atoms with Crippen LogP contribution in [0.1, 0.15) is 19.3 Å². The van der Waals surface area contributed by atoms with E-state index in [0.717, 1.165) is 0 Å². The number of rotatable bonds is 12. The van der Waals surface area contributed by atoms with Gasteiger partial charge in [0, 0.05) is 13.0 Å². The number of hydrogen-bond donors (Lipinski definition) is 7. The van der Waals surface area contributed by atoms with Crippen molar-refractivity contribution in [3.8, 4) is 0 Å². The number of aliphatic hydroxyl groups is 4. The molecule has 10 heteroatoms. The minimum atomic E-state index is -2.84. The van der Waals surface area contributed by atoms with Crippen LogP contribution in [0.15, 0.2) is 0 Å².